The highest BCUT2D eigenvalue weighted by atomic mass is 16.2. The first kappa shape index (κ1) is 18.0. The topological polar surface area (TPSA) is 90.4 Å². The van der Waals surface area contributed by atoms with Crippen molar-refractivity contribution in [3.05, 3.63) is 36.3 Å². The van der Waals surface area contributed by atoms with Gasteiger partial charge in [0, 0.05) is 51.7 Å². The summed E-state index contributed by atoms with van der Waals surface area (Å²) in [6, 6.07) is 5.31. The number of nitrogens with one attached hydrogen (secondary N) is 1. The molecule has 1 saturated heterocycles. The van der Waals surface area contributed by atoms with E-state index in [-0.39, 0.29) is 5.91 Å². The highest BCUT2D eigenvalue weighted by molar-refractivity contribution is 5.92. The Labute approximate surface area is 153 Å². The van der Waals surface area contributed by atoms with Crippen LogP contribution in [0.15, 0.2) is 30.6 Å². The number of hydrogen-bond donors (Lipinski definition) is 1. The van der Waals surface area contributed by atoms with Crippen molar-refractivity contribution in [3.63, 3.8) is 0 Å². The van der Waals surface area contributed by atoms with Gasteiger partial charge in [-0.25, -0.2) is 9.97 Å². The Morgan fingerprint density at radius 1 is 1.12 bits per heavy atom. The number of carbonyl (C=O) groups excluding carboxylic acids is 1. The maximum Gasteiger partial charge on any atom is 0.274 e. The maximum absolute atomic E-state index is 12.6. The van der Waals surface area contributed by atoms with E-state index in [1.165, 1.54) is 0 Å². The highest BCUT2D eigenvalue weighted by Gasteiger charge is 2.24. The Bertz CT molecular complexity index is 698. The number of piperazine rings is 1. The van der Waals surface area contributed by atoms with Crippen molar-refractivity contribution in [3.8, 4) is 0 Å². The lowest BCUT2D eigenvalue weighted by atomic mass is 10.2. The van der Waals surface area contributed by atoms with Gasteiger partial charge in [0.25, 0.3) is 5.91 Å². The largest absolute Gasteiger partial charge is 0.367 e. The summed E-state index contributed by atoms with van der Waals surface area (Å²) in [5, 5.41) is 11.4. The molecule has 0 atom stereocenters. The molecule has 1 aliphatic heterocycles. The van der Waals surface area contributed by atoms with E-state index in [9.17, 15) is 4.79 Å². The lowest BCUT2D eigenvalue weighted by Crippen LogP contribution is -2.49. The number of likely N-dealkylation sites (N-methyl/N-ethyl adjacent to an activating group) is 1. The molecule has 3 rings (SSSR count). The average molecular weight is 356 g/mol. The zero-order valence-corrected chi connectivity index (χ0v) is 15.2. The number of hydrogen-bond acceptors (Lipinski definition) is 8. The Hall–Kier alpha value is -2.81. The van der Waals surface area contributed by atoms with Crippen LogP contribution in [-0.4, -0.2) is 89.2 Å². The van der Waals surface area contributed by atoms with Gasteiger partial charge in [-0.05, 0) is 32.3 Å². The minimum absolute atomic E-state index is 0.0917. The first-order valence-electron chi connectivity index (χ1n) is 8.67. The van der Waals surface area contributed by atoms with Gasteiger partial charge in [0.05, 0.1) is 0 Å². The molecule has 0 spiro atoms. The molecular formula is C17H24N8O. The van der Waals surface area contributed by atoms with Crippen molar-refractivity contribution in [1.29, 1.82) is 0 Å². The van der Waals surface area contributed by atoms with Gasteiger partial charge in [0.1, 0.15) is 5.82 Å². The molecule has 138 valence electrons. The molecule has 0 aromatic carbocycles. The van der Waals surface area contributed by atoms with Crippen LogP contribution in [0.5, 0.6) is 0 Å². The zero-order valence-electron chi connectivity index (χ0n) is 15.2. The molecule has 0 radical (unpaired) electrons. The van der Waals surface area contributed by atoms with Crippen molar-refractivity contribution < 1.29 is 4.79 Å². The maximum atomic E-state index is 12.6. The third-order valence-electron chi connectivity index (χ3n) is 4.15. The van der Waals surface area contributed by atoms with Crippen LogP contribution in [0, 0.1) is 0 Å². The summed E-state index contributed by atoms with van der Waals surface area (Å²) in [4.78, 5) is 27.1. The fourth-order valence-electron chi connectivity index (χ4n) is 2.67. The van der Waals surface area contributed by atoms with E-state index in [2.05, 4.69) is 35.3 Å². The Kier molecular flexibility index (Phi) is 5.90. The van der Waals surface area contributed by atoms with Gasteiger partial charge in [-0.1, -0.05) is 0 Å². The van der Waals surface area contributed by atoms with E-state index >= 15 is 0 Å². The lowest BCUT2D eigenvalue weighted by Gasteiger charge is -2.34. The number of amides is 1. The van der Waals surface area contributed by atoms with Gasteiger partial charge in [0.2, 0.25) is 5.95 Å². The second-order valence-corrected chi connectivity index (χ2v) is 6.36. The van der Waals surface area contributed by atoms with E-state index in [1.807, 2.05) is 14.1 Å². The van der Waals surface area contributed by atoms with Gasteiger partial charge in [-0.15, -0.1) is 10.2 Å². The smallest absolute Gasteiger partial charge is 0.274 e. The van der Waals surface area contributed by atoms with Crippen LogP contribution in [0.25, 0.3) is 0 Å². The van der Waals surface area contributed by atoms with Crippen molar-refractivity contribution in [1.82, 2.24) is 30.0 Å². The fourth-order valence-corrected chi connectivity index (χ4v) is 2.67. The standard InChI is InChI=1S/C17H24N8O/c1-23(2)9-8-18-15-5-4-14(21-22-15)16(26)24-10-12-25(13-11-24)17-19-6-3-7-20-17/h3-7H,8-13H2,1-2H3,(H,18,22). The summed E-state index contributed by atoms with van der Waals surface area (Å²) >= 11 is 0. The van der Waals surface area contributed by atoms with Gasteiger partial charge in [0.15, 0.2) is 5.69 Å². The molecule has 0 aliphatic carbocycles. The minimum Gasteiger partial charge on any atom is -0.367 e. The molecule has 0 bridgehead atoms. The van der Waals surface area contributed by atoms with E-state index in [4.69, 9.17) is 0 Å². The van der Waals surface area contributed by atoms with Crippen molar-refractivity contribution >= 4 is 17.7 Å². The highest BCUT2D eigenvalue weighted by Crippen LogP contribution is 2.12. The van der Waals surface area contributed by atoms with Gasteiger partial charge >= 0.3 is 0 Å². The third-order valence-corrected chi connectivity index (χ3v) is 4.15. The van der Waals surface area contributed by atoms with Gasteiger partial charge in [-0.3, -0.25) is 4.79 Å². The fraction of sp³-hybridized carbons (Fsp3) is 0.471. The summed E-state index contributed by atoms with van der Waals surface area (Å²) in [5.74, 6) is 1.29. The summed E-state index contributed by atoms with van der Waals surface area (Å²) in [6.45, 7) is 4.31. The quantitative estimate of drug-likeness (QED) is 0.785. The third kappa shape index (κ3) is 4.63. The molecule has 2 aromatic rings. The first-order valence-corrected chi connectivity index (χ1v) is 8.67. The summed E-state index contributed by atoms with van der Waals surface area (Å²) in [5.41, 5.74) is 0.368. The normalized spacial score (nSPS) is 14.6. The number of carbonyl (C=O) groups is 1. The molecule has 9 heteroatoms. The van der Waals surface area contributed by atoms with Gasteiger partial charge in [-0.2, -0.15) is 0 Å². The molecule has 1 fully saturated rings. The van der Waals surface area contributed by atoms with Crippen LogP contribution < -0.4 is 10.2 Å². The predicted molar refractivity (Wildman–Crippen MR) is 99.2 cm³/mol. The monoisotopic (exact) mass is 356 g/mol. The Morgan fingerprint density at radius 2 is 1.85 bits per heavy atom. The number of rotatable bonds is 6. The van der Waals surface area contributed by atoms with Crippen LogP contribution in [0.2, 0.25) is 0 Å². The van der Waals surface area contributed by atoms with Crippen LogP contribution in [0.1, 0.15) is 10.5 Å². The molecule has 9 nitrogen and oxygen atoms in total. The molecule has 0 unspecified atom stereocenters. The molecule has 0 saturated carbocycles. The minimum atomic E-state index is -0.0917. The number of aromatic nitrogens is 4. The van der Waals surface area contributed by atoms with Crippen molar-refractivity contribution in [2.24, 2.45) is 0 Å². The molecular weight excluding hydrogens is 332 g/mol. The predicted octanol–water partition coefficient (Wildman–Crippen LogP) is 0.203. The molecule has 3 heterocycles. The van der Waals surface area contributed by atoms with E-state index in [1.54, 1.807) is 35.5 Å². The van der Waals surface area contributed by atoms with Crippen LogP contribution in [0.3, 0.4) is 0 Å². The van der Waals surface area contributed by atoms with Crippen LogP contribution >= 0.6 is 0 Å². The molecule has 2 aromatic heterocycles. The molecule has 1 aliphatic rings. The number of nitrogens with zero attached hydrogens (tertiary/aromatic N) is 7. The summed E-state index contributed by atoms with van der Waals surface area (Å²) in [6.07, 6.45) is 3.45. The Balaban J connectivity index is 1.52. The second-order valence-electron chi connectivity index (χ2n) is 6.36. The number of anilines is 2. The van der Waals surface area contributed by atoms with Gasteiger partial charge < -0.3 is 20.0 Å². The molecule has 1 amide bonds. The average Bonchev–Trinajstić information content (AvgIpc) is 2.68. The van der Waals surface area contributed by atoms with Crippen LogP contribution in [0.4, 0.5) is 11.8 Å². The summed E-state index contributed by atoms with van der Waals surface area (Å²) in [7, 11) is 4.03. The van der Waals surface area contributed by atoms with Crippen molar-refractivity contribution in [2.45, 2.75) is 0 Å². The van der Waals surface area contributed by atoms with E-state index in [0.29, 0.717) is 43.6 Å². The van der Waals surface area contributed by atoms with E-state index in [0.717, 1.165) is 13.1 Å². The lowest BCUT2D eigenvalue weighted by molar-refractivity contribution is 0.0739. The summed E-state index contributed by atoms with van der Waals surface area (Å²) < 4.78 is 0. The molecule has 1 N–H and O–H groups in total. The van der Waals surface area contributed by atoms with E-state index < -0.39 is 0 Å². The zero-order chi connectivity index (χ0) is 18.4. The first-order chi connectivity index (χ1) is 12.6. The SMILES string of the molecule is CN(C)CCNc1ccc(C(=O)N2CCN(c3ncccn3)CC2)nn1. The van der Waals surface area contributed by atoms with Crippen LogP contribution in [-0.2, 0) is 0 Å². The molecule has 26 heavy (non-hydrogen) atoms. The second kappa shape index (κ2) is 8.52. The Morgan fingerprint density at radius 3 is 2.46 bits per heavy atom. The van der Waals surface area contributed by atoms with Crippen molar-refractivity contribution in [2.75, 3.05) is 63.6 Å².